The zero-order valence-corrected chi connectivity index (χ0v) is 33.3. The van der Waals surface area contributed by atoms with E-state index in [1.807, 2.05) is 27.7 Å². The van der Waals surface area contributed by atoms with Gasteiger partial charge in [-0.25, -0.2) is 19.2 Å². The molecule has 2 N–H and O–H groups in total. The van der Waals surface area contributed by atoms with Crippen LogP contribution in [0, 0.1) is 11.8 Å². The summed E-state index contributed by atoms with van der Waals surface area (Å²) < 4.78 is 21.5. The van der Waals surface area contributed by atoms with Crippen LogP contribution < -0.4 is 10.6 Å². The van der Waals surface area contributed by atoms with Crippen molar-refractivity contribution >= 4 is 47.6 Å². The summed E-state index contributed by atoms with van der Waals surface area (Å²) in [5, 5.41) is 5.36. The van der Waals surface area contributed by atoms with E-state index in [4.69, 9.17) is 18.9 Å². The minimum atomic E-state index is -0.713. The van der Waals surface area contributed by atoms with Crippen molar-refractivity contribution in [2.45, 2.75) is 157 Å². The Hall–Kier alpha value is -1.82. The molecular formula is C36H68N2O8S2. The molecule has 0 aliphatic carbocycles. The fraction of sp³-hybridized carbons (Fsp3) is 0.889. The van der Waals surface area contributed by atoms with Gasteiger partial charge in [0.2, 0.25) is 0 Å². The lowest BCUT2D eigenvalue weighted by Gasteiger charge is -2.25. The van der Waals surface area contributed by atoms with E-state index < -0.39 is 47.4 Å². The highest BCUT2D eigenvalue weighted by molar-refractivity contribution is 7.99. The molecule has 0 saturated carbocycles. The highest BCUT2D eigenvalue weighted by Crippen LogP contribution is 2.16. The molecule has 0 spiro atoms. The van der Waals surface area contributed by atoms with Crippen molar-refractivity contribution in [3.63, 3.8) is 0 Å². The number of rotatable bonds is 25. The zero-order valence-electron chi connectivity index (χ0n) is 31.7. The first-order valence-corrected chi connectivity index (χ1v) is 20.3. The van der Waals surface area contributed by atoms with Crippen molar-refractivity contribution in [2.24, 2.45) is 11.8 Å². The molecule has 0 rings (SSSR count). The number of hydrogen-bond donors (Lipinski definition) is 2. The van der Waals surface area contributed by atoms with Crippen LogP contribution >= 0.6 is 23.5 Å². The van der Waals surface area contributed by atoms with Gasteiger partial charge in [0.15, 0.2) is 0 Å². The monoisotopic (exact) mass is 720 g/mol. The van der Waals surface area contributed by atoms with Crippen LogP contribution in [0.4, 0.5) is 9.59 Å². The van der Waals surface area contributed by atoms with Crippen molar-refractivity contribution in [3.8, 4) is 0 Å². The number of amides is 2. The molecule has 0 bridgehead atoms. The molecule has 0 saturated heterocycles. The number of nitrogens with one attached hydrogen (secondary N) is 2. The summed E-state index contributed by atoms with van der Waals surface area (Å²) >= 11 is 3.59. The maximum atomic E-state index is 12.6. The molecule has 0 aliphatic rings. The first-order chi connectivity index (χ1) is 22.5. The second-order valence-electron chi connectivity index (χ2n) is 14.4. The van der Waals surface area contributed by atoms with Crippen LogP contribution in [0.25, 0.3) is 0 Å². The van der Waals surface area contributed by atoms with Gasteiger partial charge in [-0.05, 0) is 77.7 Å². The standard InChI is InChI=1S/C36H68N2O8S2/c1-11-27(3)29(37-33(41)45-35(5,6)7)31(39)43-21-25-47-23-19-17-15-13-14-16-18-20-24-48-26-22-44-32(40)30(28(4)12-2)38-34(42)46-36(8,9)10/h27-30H,11-26H2,1-10H3,(H,37,41)(H,38,42)/t27-,28-,29-,30-/m0/s1. The van der Waals surface area contributed by atoms with Gasteiger partial charge in [0.25, 0.3) is 0 Å². The van der Waals surface area contributed by atoms with E-state index in [-0.39, 0.29) is 11.8 Å². The van der Waals surface area contributed by atoms with Gasteiger partial charge in [-0.3, -0.25) is 0 Å². The number of ether oxygens (including phenoxy) is 4. The van der Waals surface area contributed by atoms with Crippen molar-refractivity contribution in [1.29, 1.82) is 0 Å². The van der Waals surface area contributed by atoms with Crippen LogP contribution in [0.5, 0.6) is 0 Å². The Morgan fingerprint density at radius 1 is 0.542 bits per heavy atom. The van der Waals surface area contributed by atoms with Gasteiger partial charge in [-0.15, -0.1) is 0 Å². The quantitative estimate of drug-likeness (QED) is 0.0538. The van der Waals surface area contributed by atoms with E-state index in [2.05, 4.69) is 10.6 Å². The topological polar surface area (TPSA) is 129 Å². The average molecular weight is 721 g/mol. The molecular weight excluding hydrogens is 653 g/mol. The Bertz CT molecular complexity index is 835. The third-order valence-corrected chi connectivity index (χ3v) is 9.62. The smallest absolute Gasteiger partial charge is 0.408 e. The Kier molecular flexibility index (Phi) is 25.1. The van der Waals surface area contributed by atoms with E-state index in [9.17, 15) is 19.2 Å². The molecule has 0 heterocycles. The molecule has 12 heteroatoms. The SMILES string of the molecule is CC[C@H](C)[C@H](NC(=O)OC(C)(C)C)C(=O)OCCSCCCCCCCCCCSCCOC(=O)[C@@H](NC(=O)OC(C)(C)C)[C@@H](C)CC. The molecule has 0 aliphatic heterocycles. The first kappa shape index (κ1) is 46.2. The summed E-state index contributed by atoms with van der Waals surface area (Å²) in [5.74, 6) is 2.68. The lowest BCUT2D eigenvalue weighted by atomic mass is 9.99. The molecule has 10 nitrogen and oxygen atoms in total. The number of unbranched alkanes of at least 4 members (excludes halogenated alkanes) is 7. The number of alkyl carbamates (subject to hydrolysis) is 2. The molecule has 0 aromatic heterocycles. The average Bonchev–Trinajstić information content (AvgIpc) is 2.99. The van der Waals surface area contributed by atoms with E-state index >= 15 is 0 Å². The summed E-state index contributed by atoms with van der Waals surface area (Å²) in [6.07, 6.45) is 9.99. The lowest BCUT2D eigenvalue weighted by Crippen LogP contribution is -2.47. The minimum absolute atomic E-state index is 0.0498. The van der Waals surface area contributed by atoms with Crippen LogP contribution in [-0.2, 0) is 28.5 Å². The van der Waals surface area contributed by atoms with E-state index in [1.165, 1.54) is 38.5 Å². The second-order valence-corrected chi connectivity index (χ2v) is 16.9. The van der Waals surface area contributed by atoms with Gasteiger partial charge >= 0.3 is 24.1 Å². The highest BCUT2D eigenvalue weighted by atomic mass is 32.2. The van der Waals surface area contributed by atoms with E-state index in [1.54, 1.807) is 65.1 Å². The van der Waals surface area contributed by atoms with Crippen LogP contribution in [0.15, 0.2) is 0 Å². The van der Waals surface area contributed by atoms with Gasteiger partial charge in [-0.1, -0.05) is 79.1 Å². The molecule has 282 valence electrons. The summed E-state index contributed by atoms with van der Waals surface area (Å²) in [4.78, 5) is 49.5. The molecule has 4 atom stereocenters. The summed E-state index contributed by atoms with van der Waals surface area (Å²) in [7, 11) is 0. The Morgan fingerprint density at radius 2 is 0.854 bits per heavy atom. The molecule has 0 aromatic carbocycles. The Morgan fingerprint density at radius 3 is 1.15 bits per heavy atom. The maximum absolute atomic E-state index is 12.6. The second kappa shape index (κ2) is 26.1. The van der Waals surface area contributed by atoms with Crippen molar-refractivity contribution in [1.82, 2.24) is 10.6 Å². The Balaban J connectivity index is 3.85. The minimum Gasteiger partial charge on any atom is -0.463 e. The predicted octanol–water partition coefficient (Wildman–Crippen LogP) is 8.54. The van der Waals surface area contributed by atoms with Crippen LogP contribution in [-0.4, -0.2) is 83.6 Å². The predicted molar refractivity (Wildman–Crippen MR) is 199 cm³/mol. The van der Waals surface area contributed by atoms with Gasteiger partial charge in [-0.2, -0.15) is 23.5 Å². The number of thioether (sulfide) groups is 2. The van der Waals surface area contributed by atoms with Crippen LogP contribution in [0.3, 0.4) is 0 Å². The molecule has 0 unspecified atom stereocenters. The summed E-state index contributed by atoms with van der Waals surface area (Å²) in [6, 6.07) is -1.43. The van der Waals surface area contributed by atoms with Gasteiger partial charge in [0, 0.05) is 11.5 Å². The first-order valence-electron chi connectivity index (χ1n) is 18.0. The zero-order chi connectivity index (χ0) is 36.6. The Labute approximate surface area is 300 Å². The molecule has 2 amide bonds. The van der Waals surface area contributed by atoms with Crippen LogP contribution in [0.1, 0.15) is 133 Å². The number of carbonyl (C=O) groups excluding carboxylic acids is 4. The molecule has 0 fully saturated rings. The van der Waals surface area contributed by atoms with E-state index in [0.717, 1.165) is 48.7 Å². The number of hydrogen-bond acceptors (Lipinski definition) is 10. The normalized spacial score (nSPS) is 14.3. The molecule has 0 aromatic rings. The fourth-order valence-corrected chi connectivity index (χ4v) is 6.09. The largest absolute Gasteiger partial charge is 0.463 e. The highest BCUT2D eigenvalue weighted by Gasteiger charge is 2.30. The van der Waals surface area contributed by atoms with Gasteiger partial charge < -0.3 is 29.6 Å². The lowest BCUT2D eigenvalue weighted by molar-refractivity contribution is -0.147. The van der Waals surface area contributed by atoms with Gasteiger partial charge in [0.05, 0.1) is 0 Å². The van der Waals surface area contributed by atoms with E-state index in [0.29, 0.717) is 13.2 Å². The van der Waals surface area contributed by atoms with Crippen molar-refractivity contribution in [3.05, 3.63) is 0 Å². The molecule has 48 heavy (non-hydrogen) atoms. The number of carbonyl (C=O) groups is 4. The van der Waals surface area contributed by atoms with Gasteiger partial charge in [0.1, 0.15) is 36.5 Å². The molecule has 0 radical (unpaired) electrons. The summed E-state index contributed by atoms with van der Waals surface area (Å²) in [6.45, 7) is 19.2. The number of esters is 2. The third-order valence-electron chi connectivity index (χ3n) is 7.55. The van der Waals surface area contributed by atoms with Crippen molar-refractivity contribution < 1.29 is 38.1 Å². The fourth-order valence-electron chi connectivity index (χ4n) is 4.46. The summed E-state index contributed by atoms with van der Waals surface area (Å²) in [5.41, 5.74) is -1.26. The maximum Gasteiger partial charge on any atom is 0.408 e. The van der Waals surface area contributed by atoms with Crippen molar-refractivity contribution in [2.75, 3.05) is 36.2 Å². The third kappa shape index (κ3) is 25.2. The van der Waals surface area contributed by atoms with Crippen LogP contribution in [0.2, 0.25) is 0 Å².